The van der Waals surface area contributed by atoms with Crippen LogP contribution in [-0.4, -0.2) is 40.0 Å². The number of aromatic nitrogens is 2. The second kappa shape index (κ2) is 5.95. The largest absolute Gasteiger partial charge is 0.343 e. The highest BCUT2D eigenvalue weighted by Crippen LogP contribution is 2.18. The normalized spacial score (nSPS) is 18.4. The summed E-state index contributed by atoms with van der Waals surface area (Å²) in [6.07, 6.45) is 4.91. The molecule has 20 heavy (non-hydrogen) atoms. The third-order valence-electron chi connectivity index (χ3n) is 4.39. The predicted molar refractivity (Wildman–Crippen MR) is 77.4 cm³/mol. The molecule has 3 heterocycles. The maximum absolute atomic E-state index is 12.2. The van der Waals surface area contributed by atoms with Gasteiger partial charge in [0.1, 0.15) is 5.82 Å². The number of carbonyl (C=O) groups excluding carboxylic acids is 1. The molecule has 0 unspecified atom stereocenters. The third-order valence-corrected chi connectivity index (χ3v) is 4.39. The minimum atomic E-state index is 0.306. The Morgan fingerprint density at radius 2 is 2.15 bits per heavy atom. The number of aryl methyl sites for hydroxylation is 1. The Morgan fingerprint density at radius 3 is 2.90 bits per heavy atom. The summed E-state index contributed by atoms with van der Waals surface area (Å²) in [5.41, 5.74) is 2.52. The highest BCUT2D eigenvalue weighted by atomic mass is 16.2. The van der Waals surface area contributed by atoms with Gasteiger partial charge in [0.05, 0.1) is 5.69 Å². The van der Waals surface area contributed by atoms with Gasteiger partial charge in [0.2, 0.25) is 5.91 Å². The maximum Gasteiger partial charge on any atom is 0.224 e. The molecule has 110 valence electrons. The molecule has 0 radical (unpaired) electrons. The molecule has 1 saturated heterocycles. The number of nitrogens with one attached hydrogen (secondary N) is 1. The molecule has 0 atom stereocenters. The number of nitrogens with zero attached hydrogens (tertiary/aromatic N) is 3. The van der Waals surface area contributed by atoms with Crippen LogP contribution in [0.5, 0.6) is 0 Å². The number of amides is 1. The second-order valence-corrected chi connectivity index (χ2v) is 5.69. The van der Waals surface area contributed by atoms with Crippen LogP contribution in [0.1, 0.15) is 43.4 Å². The van der Waals surface area contributed by atoms with Gasteiger partial charge in [0.25, 0.3) is 0 Å². The van der Waals surface area contributed by atoms with E-state index >= 15 is 0 Å². The van der Waals surface area contributed by atoms with Crippen LogP contribution in [0.3, 0.4) is 0 Å². The van der Waals surface area contributed by atoms with Gasteiger partial charge in [-0.2, -0.15) is 0 Å². The van der Waals surface area contributed by atoms with Crippen molar-refractivity contribution in [1.82, 2.24) is 19.8 Å². The molecule has 1 aromatic rings. The first kappa shape index (κ1) is 13.6. The number of likely N-dealkylation sites (tertiary alicyclic amines) is 1. The zero-order chi connectivity index (χ0) is 13.9. The van der Waals surface area contributed by atoms with Crippen LogP contribution < -0.4 is 5.32 Å². The number of fused-ring (bicyclic) bond motifs is 1. The van der Waals surface area contributed by atoms with E-state index < -0.39 is 0 Å². The summed E-state index contributed by atoms with van der Waals surface area (Å²) in [7, 11) is 0. The highest BCUT2D eigenvalue weighted by Gasteiger charge is 2.21. The van der Waals surface area contributed by atoms with Crippen molar-refractivity contribution in [3.8, 4) is 0 Å². The lowest BCUT2D eigenvalue weighted by Crippen LogP contribution is -2.29. The minimum absolute atomic E-state index is 0.306. The van der Waals surface area contributed by atoms with Crippen LogP contribution in [0.2, 0.25) is 0 Å². The summed E-state index contributed by atoms with van der Waals surface area (Å²) in [6.45, 7) is 6.72. The van der Waals surface area contributed by atoms with E-state index in [1.165, 1.54) is 11.4 Å². The van der Waals surface area contributed by atoms with E-state index in [1.807, 2.05) is 4.90 Å². The molecule has 5 heteroatoms. The van der Waals surface area contributed by atoms with Crippen LogP contribution in [0.4, 0.5) is 0 Å². The van der Waals surface area contributed by atoms with Crippen LogP contribution in [-0.2, 0) is 30.7 Å². The van der Waals surface area contributed by atoms with Gasteiger partial charge in [-0.15, -0.1) is 0 Å². The molecule has 1 amide bonds. The average Bonchev–Trinajstić information content (AvgIpc) is 3.12. The Morgan fingerprint density at radius 1 is 1.35 bits per heavy atom. The van der Waals surface area contributed by atoms with E-state index in [4.69, 9.17) is 4.98 Å². The Balaban J connectivity index is 1.69. The lowest BCUT2D eigenvalue weighted by Gasteiger charge is -2.18. The van der Waals surface area contributed by atoms with E-state index in [2.05, 4.69) is 16.8 Å². The molecule has 0 saturated carbocycles. The molecule has 1 aromatic heterocycles. The van der Waals surface area contributed by atoms with Crippen molar-refractivity contribution in [1.29, 1.82) is 0 Å². The molecule has 2 aliphatic rings. The van der Waals surface area contributed by atoms with Crippen molar-refractivity contribution in [3.63, 3.8) is 0 Å². The van der Waals surface area contributed by atoms with E-state index in [1.54, 1.807) is 0 Å². The van der Waals surface area contributed by atoms with E-state index in [0.29, 0.717) is 12.3 Å². The summed E-state index contributed by atoms with van der Waals surface area (Å²) >= 11 is 0. The topological polar surface area (TPSA) is 50.2 Å². The Labute approximate surface area is 120 Å². The smallest absolute Gasteiger partial charge is 0.224 e. The molecule has 2 aliphatic heterocycles. The van der Waals surface area contributed by atoms with Crippen LogP contribution in [0, 0.1) is 0 Å². The number of hydrogen-bond acceptors (Lipinski definition) is 3. The Bertz CT molecular complexity index is 488. The van der Waals surface area contributed by atoms with Gasteiger partial charge in [-0.05, 0) is 12.8 Å². The van der Waals surface area contributed by atoms with Crippen LogP contribution in [0.15, 0.2) is 0 Å². The van der Waals surface area contributed by atoms with Crippen molar-refractivity contribution in [3.05, 3.63) is 17.2 Å². The first-order valence-corrected chi connectivity index (χ1v) is 7.85. The molecule has 0 bridgehead atoms. The second-order valence-electron chi connectivity index (χ2n) is 5.69. The lowest BCUT2D eigenvalue weighted by molar-refractivity contribution is -0.130. The first-order chi connectivity index (χ1) is 9.79. The van der Waals surface area contributed by atoms with E-state index in [-0.39, 0.29) is 0 Å². The zero-order valence-corrected chi connectivity index (χ0v) is 12.3. The van der Waals surface area contributed by atoms with Crippen molar-refractivity contribution in [2.45, 2.75) is 52.1 Å². The molecule has 5 nitrogen and oxygen atoms in total. The fourth-order valence-corrected chi connectivity index (χ4v) is 3.29. The van der Waals surface area contributed by atoms with E-state index in [9.17, 15) is 4.79 Å². The molecule has 0 aliphatic carbocycles. The zero-order valence-electron chi connectivity index (χ0n) is 12.3. The quantitative estimate of drug-likeness (QED) is 0.896. The van der Waals surface area contributed by atoms with Gasteiger partial charge in [-0.3, -0.25) is 4.79 Å². The molecular weight excluding hydrogens is 252 g/mol. The molecule has 1 fully saturated rings. The Kier molecular flexibility index (Phi) is 4.05. The Hall–Kier alpha value is -1.36. The molecular formula is C15H24N4O. The third kappa shape index (κ3) is 2.59. The first-order valence-electron chi connectivity index (χ1n) is 7.85. The van der Waals surface area contributed by atoms with Gasteiger partial charge in [-0.25, -0.2) is 4.98 Å². The molecule has 0 spiro atoms. The molecule has 0 aromatic carbocycles. The molecule has 3 rings (SSSR count). The number of rotatable bonds is 4. The highest BCUT2D eigenvalue weighted by molar-refractivity contribution is 5.76. The van der Waals surface area contributed by atoms with E-state index in [0.717, 1.165) is 64.2 Å². The predicted octanol–water partition coefficient (Wildman–Crippen LogP) is 1.10. The van der Waals surface area contributed by atoms with Crippen LogP contribution >= 0.6 is 0 Å². The van der Waals surface area contributed by atoms with Crippen molar-refractivity contribution in [2.75, 3.05) is 19.6 Å². The lowest BCUT2D eigenvalue weighted by atomic mass is 10.2. The van der Waals surface area contributed by atoms with Gasteiger partial charge >= 0.3 is 0 Å². The SMILES string of the molecule is CCc1nc2c(n1CCC(=O)N1CCCC1)CCNC2. The molecule has 1 N–H and O–H groups in total. The van der Waals surface area contributed by atoms with Gasteiger partial charge < -0.3 is 14.8 Å². The summed E-state index contributed by atoms with van der Waals surface area (Å²) in [4.78, 5) is 18.9. The number of hydrogen-bond donors (Lipinski definition) is 1. The van der Waals surface area contributed by atoms with Crippen molar-refractivity contribution >= 4 is 5.91 Å². The van der Waals surface area contributed by atoms with Crippen molar-refractivity contribution < 1.29 is 4.79 Å². The average molecular weight is 276 g/mol. The van der Waals surface area contributed by atoms with Crippen molar-refractivity contribution in [2.24, 2.45) is 0 Å². The monoisotopic (exact) mass is 276 g/mol. The number of carbonyl (C=O) groups is 1. The van der Waals surface area contributed by atoms with Crippen LogP contribution in [0.25, 0.3) is 0 Å². The minimum Gasteiger partial charge on any atom is -0.343 e. The standard InChI is InChI=1S/C15H24N4O/c1-2-14-17-12-11-16-7-5-13(12)19(14)10-6-15(20)18-8-3-4-9-18/h16H,2-11H2,1H3. The summed E-state index contributed by atoms with van der Waals surface area (Å²) in [5.74, 6) is 1.44. The summed E-state index contributed by atoms with van der Waals surface area (Å²) in [5, 5.41) is 3.36. The maximum atomic E-state index is 12.2. The summed E-state index contributed by atoms with van der Waals surface area (Å²) in [6, 6.07) is 0. The fraction of sp³-hybridized carbons (Fsp3) is 0.733. The fourth-order valence-electron chi connectivity index (χ4n) is 3.29. The van der Waals surface area contributed by atoms with Gasteiger partial charge in [-0.1, -0.05) is 6.92 Å². The summed E-state index contributed by atoms with van der Waals surface area (Å²) < 4.78 is 2.30. The van der Waals surface area contributed by atoms with Gasteiger partial charge in [0.15, 0.2) is 0 Å². The number of imidazole rings is 1. The van der Waals surface area contributed by atoms with Gasteiger partial charge in [0, 0.05) is 57.7 Å².